The smallest absolute Gasteiger partial charge is 0.310 e. The first-order valence-electron chi connectivity index (χ1n) is 8.51. The van der Waals surface area contributed by atoms with Crippen molar-refractivity contribution in [2.75, 3.05) is 20.3 Å². The zero-order valence-corrected chi connectivity index (χ0v) is 15.4. The summed E-state index contributed by atoms with van der Waals surface area (Å²) in [5, 5.41) is 0. The highest BCUT2D eigenvalue weighted by Gasteiger charge is 2.25. The number of esters is 1. The van der Waals surface area contributed by atoms with Crippen LogP contribution in [-0.4, -0.2) is 43.1 Å². The van der Waals surface area contributed by atoms with E-state index in [-0.39, 0.29) is 30.4 Å². The summed E-state index contributed by atoms with van der Waals surface area (Å²) in [5.74, 6) is -0.112. The lowest BCUT2D eigenvalue weighted by atomic mass is 10.1. The van der Waals surface area contributed by atoms with Gasteiger partial charge in [-0.05, 0) is 37.5 Å². The fourth-order valence-corrected chi connectivity index (χ4v) is 2.40. The Labute approximate surface area is 144 Å². The number of carbonyl (C=O) groups is 2. The Morgan fingerprint density at radius 3 is 2.50 bits per heavy atom. The van der Waals surface area contributed by atoms with Crippen molar-refractivity contribution in [2.24, 2.45) is 5.92 Å². The summed E-state index contributed by atoms with van der Waals surface area (Å²) in [6, 6.07) is 7.77. The van der Waals surface area contributed by atoms with E-state index in [0.29, 0.717) is 12.3 Å². The highest BCUT2D eigenvalue weighted by Crippen LogP contribution is 2.15. The van der Waals surface area contributed by atoms with Crippen LogP contribution >= 0.6 is 0 Å². The minimum atomic E-state index is -0.364. The van der Waals surface area contributed by atoms with Crippen LogP contribution in [0, 0.1) is 5.92 Å². The third kappa shape index (κ3) is 5.87. The van der Waals surface area contributed by atoms with Gasteiger partial charge in [-0.2, -0.15) is 0 Å². The lowest BCUT2D eigenvalue weighted by Gasteiger charge is -2.30. The van der Waals surface area contributed by atoms with Gasteiger partial charge in [0, 0.05) is 12.6 Å². The van der Waals surface area contributed by atoms with E-state index in [0.717, 1.165) is 18.4 Å². The van der Waals surface area contributed by atoms with E-state index in [1.807, 2.05) is 38.1 Å². The van der Waals surface area contributed by atoms with Crippen LogP contribution in [0.15, 0.2) is 24.3 Å². The summed E-state index contributed by atoms with van der Waals surface area (Å²) in [5.41, 5.74) is 1.16. The first kappa shape index (κ1) is 20.0. The summed E-state index contributed by atoms with van der Waals surface area (Å²) in [6.07, 6.45) is 1.73. The third-order valence-electron chi connectivity index (χ3n) is 4.19. The maximum Gasteiger partial charge on any atom is 0.310 e. The van der Waals surface area contributed by atoms with Crippen LogP contribution in [-0.2, 0) is 20.7 Å². The van der Waals surface area contributed by atoms with Crippen molar-refractivity contribution < 1.29 is 19.1 Å². The number of hydrogen-bond donors (Lipinski definition) is 0. The van der Waals surface area contributed by atoms with Crippen LogP contribution in [0.2, 0.25) is 0 Å². The number of nitrogens with zero attached hydrogens (tertiary/aromatic N) is 1. The summed E-state index contributed by atoms with van der Waals surface area (Å²) in [4.78, 5) is 25.9. The quantitative estimate of drug-likeness (QED) is 0.651. The number of ether oxygens (including phenoxy) is 2. The van der Waals surface area contributed by atoms with Gasteiger partial charge < -0.3 is 14.4 Å². The van der Waals surface area contributed by atoms with Crippen molar-refractivity contribution >= 4 is 11.9 Å². The third-order valence-corrected chi connectivity index (χ3v) is 4.19. The number of carbonyl (C=O) groups excluding carboxylic acids is 2. The Bertz CT molecular complexity index is 544. The number of amides is 1. The number of hydrogen-bond acceptors (Lipinski definition) is 4. The van der Waals surface area contributed by atoms with Crippen LogP contribution in [0.1, 0.15) is 39.7 Å². The molecule has 5 heteroatoms. The lowest BCUT2D eigenvalue weighted by Crippen LogP contribution is -2.44. The SMILES string of the molecule is CCc1cccc(OCC(=O)N(CC(C)C(=O)OC)C(C)CC)c1. The maximum atomic E-state index is 12.6. The van der Waals surface area contributed by atoms with E-state index in [4.69, 9.17) is 9.47 Å². The molecule has 0 aliphatic heterocycles. The molecular formula is C19H29NO4. The lowest BCUT2D eigenvalue weighted by molar-refractivity contribution is -0.147. The van der Waals surface area contributed by atoms with Gasteiger partial charge in [-0.25, -0.2) is 0 Å². The highest BCUT2D eigenvalue weighted by atomic mass is 16.5. The largest absolute Gasteiger partial charge is 0.484 e. The Morgan fingerprint density at radius 1 is 1.21 bits per heavy atom. The zero-order chi connectivity index (χ0) is 18.1. The van der Waals surface area contributed by atoms with Crippen LogP contribution in [0.25, 0.3) is 0 Å². The first-order valence-corrected chi connectivity index (χ1v) is 8.51. The van der Waals surface area contributed by atoms with E-state index >= 15 is 0 Å². The van der Waals surface area contributed by atoms with E-state index < -0.39 is 0 Å². The molecule has 0 heterocycles. The van der Waals surface area contributed by atoms with Gasteiger partial charge in [0.15, 0.2) is 6.61 Å². The highest BCUT2D eigenvalue weighted by molar-refractivity contribution is 5.79. The molecule has 134 valence electrons. The predicted molar refractivity (Wildman–Crippen MR) is 94.0 cm³/mol. The molecule has 1 aromatic carbocycles. The molecule has 1 rings (SSSR count). The molecule has 0 N–H and O–H groups in total. The summed E-state index contributed by atoms with van der Waals surface area (Å²) in [7, 11) is 1.36. The van der Waals surface area contributed by atoms with Crippen molar-refractivity contribution in [3.05, 3.63) is 29.8 Å². The average molecular weight is 335 g/mol. The van der Waals surface area contributed by atoms with Crippen molar-refractivity contribution in [1.29, 1.82) is 0 Å². The Balaban J connectivity index is 2.71. The monoisotopic (exact) mass is 335 g/mol. The summed E-state index contributed by atoms with van der Waals surface area (Å²) in [6.45, 7) is 8.12. The fraction of sp³-hybridized carbons (Fsp3) is 0.579. The van der Waals surface area contributed by atoms with Crippen molar-refractivity contribution in [1.82, 2.24) is 4.90 Å². The second-order valence-electron chi connectivity index (χ2n) is 6.02. The zero-order valence-electron chi connectivity index (χ0n) is 15.4. The van der Waals surface area contributed by atoms with E-state index in [9.17, 15) is 9.59 Å². The molecule has 2 atom stereocenters. The fourth-order valence-electron chi connectivity index (χ4n) is 2.40. The molecule has 0 aliphatic rings. The molecule has 0 fully saturated rings. The number of benzene rings is 1. The molecule has 0 radical (unpaired) electrons. The normalized spacial score (nSPS) is 13.0. The molecular weight excluding hydrogens is 306 g/mol. The van der Waals surface area contributed by atoms with Gasteiger partial charge in [-0.3, -0.25) is 9.59 Å². The number of rotatable bonds is 9. The van der Waals surface area contributed by atoms with Gasteiger partial charge in [-0.15, -0.1) is 0 Å². The van der Waals surface area contributed by atoms with Crippen molar-refractivity contribution in [3.63, 3.8) is 0 Å². The van der Waals surface area contributed by atoms with Gasteiger partial charge in [0.1, 0.15) is 5.75 Å². The van der Waals surface area contributed by atoms with Crippen molar-refractivity contribution in [3.8, 4) is 5.75 Å². The molecule has 2 unspecified atom stereocenters. The standard InChI is InChI=1S/C19H29NO4/c1-6-15(4)20(12-14(3)19(22)23-5)18(21)13-24-17-10-8-9-16(7-2)11-17/h8-11,14-15H,6-7,12-13H2,1-5H3. The summed E-state index contributed by atoms with van der Waals surface area (Å²) >= 11 is 0. The number of aryl methyl sites for hydroxylation is 1. The van der Waals surface area contributed by atoms with Crippen LogP contribution in [0.4, 0.5) is 0 Å². The van der Waals surface area contributed by atoms with Crippen LogP contribution in [0.3, 0.4) is 0 Å². The van der Waals surface area contributed by atoms with Gasteiger partial charge in [0.2, 0.25) is 0 Å². The first-order chi connectivity index (χ1) is 11.4. The predicted octanol–water partition coefficient (Wildman–Crippen LogP) is 3.06. The average Bonchev–Trinajstić information content (AvgIpc) is 2.62. The number of methoxy groups -OCH3 is 1. The molecule has 0 spiro atoms. The minimum absolute atomic E-state index is 0.0363. The van der Waals surface area contributed by atoms with Crippen molar-refractivity contribution in [2.45, 2.75) is 46.6 Å². The van der Waals surface area contributed by atoms with E-state index in [1.54, 1.807) is 11.8 Å². The molecule has 0 aromatic heterocycles. The van der Waals surface area contributed by atoms with Crippen LogP contribution in [0.5, 0.6) is 5.75 Å². The molecule has 1 aromatic rings. The molecule has 0 bridgehead atoms. The van der Waals surface area contributed by atoms with Gasteiger partial charge >= 0.3 is 5.97 Å². The second kappa shape index (κ2) is 9.96. The Morgan fingerprint density at radius 2 is 1.92 bits per heavy atom. The summed E-state index contributed by atoms with van der Waals surface area (Å²) < 4.78 is 10.4. The van der Waals surface area contributed by atoms with Gasteiger partial charge in [0.25, 0.3) is 5.91 Å². The minimum Gasteiger partial charge on any atom is -0.484 e. The topological polar surface area (TPSA) is 55.8 Å². The Kier molecular flexibility index (Phi) is 8.30. The van der Waals surface area contributed by atoms with E-state index in [1.165, 1.54) is 7.11 Å². The Hall–Kier alpha value is -2.04. The molecule has 0 aliphatic carbocycles. The molecule has 5 nitrogen and oxygen atoms in total. The second-order valence-corrected chi connectivity index (χ2v) is 6.02. The molecule has 0 saturated carbocycles. The van der Waals surface area contributed by atoms with Gasteiger partial charge in [-0.1, -0.05) is 32.9 Å². The van der Waals surface area contributed by atoms with E-state index in [2.05, 4.69) is 6.92 Å². The molecule has 24 heavy (non-hydrogen) atoms. The van der Waals surface area contributed by atoms with Crippen LogP contribution < -0.4 is 4.74 Å². The van der Waals surface area contributed by atoms with Gasteiger partial charge in [0.05, 0.1) is 13.0 Å². The maximum absolute atomic E-state index is 12.6. The molecule has 1 amide bonds. The molecule has 0 saturated heterocycles.